The maximum Gasteiger partial charge on any atom is 0.0408 e. The molecule has 2 radical (unpaired) electrons. The molecule has 2 nitrogen and oxygen atoms in total. The minimum absolute atomic E-state index is 0.854. The van der Waals surface area contributed by atoms with Crippen molar-refractivity contribution in [3.8, 4) is 0 Å². The lowest BCUT2D eigenvalue weighted by Gasteiger charge is -2.06. The van der Waals surface area contributed by atoms with E-state index in [0.717, 1.165) is 13.1 Å². The molecule has 0 heterocycles. The summed E-state index contributed by atoms with van der Waals surface area (Å²) in [4.78, 5) is 2.07. The van der Waals surface area contributed by atoms with Crippen molar-refractivity contribution in [2.45, 2.75) is 0 Å². The van der Waals surface area contributed by atoms with Gasteiger partial charge in [-0.25, -0.2) is 0 Å². The van der Waals surface area contributed by atoms with Crippen molar-refractivity contribution in [3.63, 3.8) is 0 Å². The zero-order valence-corrected chi connectivity index (χ0v) is 4.94. The average molecular weight is 100 g/mol. The second-order valence-electron chi connectivity index (χ2n) is 1.76. The Kier molecular flexibility index (Phi) is 4.04. The molecular formula is C5H12N2. The normalized spacial score (nSPS) is 10.3. The molecule has 0 amide bonds. The Bertz CT molecular complexity index is 35.1. The fourth-order valence-electron chi connectivity index (χ4n) is 0.288. The van der Waals surface area contributed by atoms with Gasteiger partial charge in [-0.05, 0) is 14.1 Å². The van der Waals surface area contributed by atoms with E-state index < -0.39 is 0 Å². The second kappa shape index (κ2) is 4.09. The fourth-order valence-corrected chi connectivity index (χ4v) is 0.288. The molecule has 0 spiro atoms. The molecule has 42 valence electrons. The van der Waals surface area contributed by atoms with E-state index >= 15 is 0 Å². The summed E-state index contributed by atoms with van der Waals surface area (Å²) in [5.74, 6) is 0. The van der Waals surface area contributed by atoms with Gasteiger partial charge in [-0.3, -0.25) is 0 Å². The Morgan fingerprint density at radius 2 is 2.14 bits per heavy atom. The summed E-state index contributed by atoms with van der Waals surface area (Å²) in [5, 5.41) is 2.56. The van der Waals surface area contributed by atoms with E-state index in [9.17, 15) is 0 Å². The van der Waals surface area contributed by atoms with Gasteiger partial charge in [-0.1, -0.05) is 0 Å². The average Bonchev–Trinajstić information content (AvgIpc) is 1.61. The number of rotatable bonds is 3. The maximum atomic E-state index is 5.00. The highest BCUT2D eigenvalue weighted by Crippen LogP contribution is 1.67. The van der Waals surface area contributed by atoms with Crippen molar-refractivity contribution < 1.29 is 0 Å². The smallest absolute Gasteiger partial charge is 0.0408 e. The van der Waals surface area contributed by atoms with Crippen LogP contribution in [0.4, 0.5) is 0 Å². The van der Waals surface area contributed by atoms with Gasteiger partial charge in [0.2, 0.25) is 0 Å². The Hall–Kier alpha value is -0.0800. The molecule has 0 aliphatic heterocycles. The quantitative estimate of drug-likeness (QED) is 0.494. The Morgan fingerprint density at radius 3 is 2.29 bits per heavy atom. The highest BCUT2D eigenvalue weighted by Gasteiger charge is 1.82. The third kappa shape index (κ3) is 5.92. The SMILES string of the molecule is [CH]NCCN(C)C. The molecular weight excluding hydrogens is 88.1 g/mol. The summed E-state index contributed by atoms with van der Waals surface area (Å²) in [5.41, 5.74) is 0. The number of nitrogens with one attached hydrogen (secondary N) is 1. The van der Waals surface area contributed by atoms with Crippen molar-refractivity contribution in [2.75, 3.05) is 27.2 Å². The summed E-state index contributed by atoms with van der Waals surface area (Å²) in [7, 11) is 9.02. The monoisotopic (exact) mass is 100 g/mol. The van der Waals surface area contributed by atoms with Crippen molar-refractivity contribution >= 4 is 0 Å². The van der Waals surface area contributed by atoms with Gasteiger partial charge >= 0.3 is 0 Å². The van der Waals surface area contributed by atoms with Crippen LogP contribution in [0.25, 0.3) is 0 Å². The molecule has 0 bridgehead atoms. The zero-order valence-electron chi connectivity index (χ0n) is 4.94. The maximum absolute atomic E-state index is 5.00. The highest BCUT2D eigenvalue weighted by molar-refractivity contribution is 4.45. The molecule has 0 saturated heterocycles. The summed E-state index contributed by atoms with van der Waals surface area (Å²) in [6.07, 6.45) is 0. The molecule has 0 rings (SSSR count). The van der Waals surface area contributed by atoms with Crippen LogP contribution in [0.5, 0.6) is 0 Å². The molecule has 0 aromatic rings. The molecule has 7 heavy (non-hydrogen) atoms. The first-order valence-corrected chi connectivity index (χ1v) is 2.35. The van der Waals surface area contributed by atoms with Gasteiger partial charge in [0.25, 0.3) is 0 Å². The van der Waals surface area contributed by atoms with Gasteiger partial charge in [0.1, 0.15) is 0 Å². The predicted octanol–water partition coefficient (Wildman–Crippen LogP) is -0.194. The van der Waals surface area contributed by atoms with E-state index in [1.807, 2.05) is 14.1 Å². The number of hydrogen-bond acceptors (Lipinski definition) is 2. The molecule has 0 saturated carbocycles. The van der Waals surface area contributed by atoms with Crippen LogP contribution in [-0.4, -0.2) is 32.1 Å². The standard InChI is InChI=1S/C5H12N2/c1-6-4-5-7(2)3/h1,6H,4-5H2,2-3H3. The molecule has 0 aromatic heterocycles. The van der Waals surface area contributed by atoms with Crippen LogP contribution in [0.3, 0.4) is 0 Å². The minimum atomic E-state index is 0.854. The Balaban J connectivity index is 2.68. The van der Waals surface area contributed by atoms with Crippen LogP contribution >= 0.6 is 0 Å². The lowest BCUT2D eigenvalue weighted by molar-refractivity contribution is 0.410. The van der Waals surface area contributed by atoms with E-state index in [1.165, 1.54) is 0 Å². The molecule has 0 atom stereocenters. The minimum Gasteiger partial charge on any atom is -0.310 e. The lowest BCUT2D eigenvalue weighted by Crippen LogP contribution is -2.22. The van der Waals surface area contributed by atoms with Crippen molar-refractivity contribution in [3.05, 3.63) is 7.05 Å². The van der Waals surface area contributed by atoms with Crippen molar-refractivity contribution in [1.82, 2.24) is 10.2 Å². The molecule has 0 fully saturated rings. The van der Waals surface area contributed by atoms with Crippen LogP contribution in [0, 0.1) is 7.05 Å². The van der Waals surface area contributed by atoms with Gasteiger partial charge in [0, 0.05) is 20.1 Å². The first-order chi connectivity index (χ1) is 3.27. The van der Waals surface area contributed by atoms with E-state index in [4.69, 9.17) is 7.05 Å². The van der Waals surface area contributed by atoms with E-state index in [-0.39, 0.29) is 0 Å². The van der Waals surface area contributed by atoms with Crippen LogP contribution < -0.4 is 5.32 Å². The molecule has 1 N–H and O–H groups in total. The summed E-state index contributed by atoms with van der Waals surface area (Å²) in [6, 6.07) is 0. The third-order valence-electron chi connectivity index (χ3n) is 0.703. The fraction of sp³-hybridized carbons (Fsp3) is 0.800. The zero-order chi connectivity index (χ0) is 5.70. The van der Waals surface area contributed by atoms with Gasteiger partial charge in [0.05, 0.1) is 0 Å². The molecule has 0 unspecified atom stereocenters. The first-order valence-electron chi connectivity index (χ1n) is 2.35. The van der Waals surface area contributed by atoms with Crippen LogP contribution in [-0.2, 0) is 0 Å². The lowest BCUT2D eigenvalue weighted by atomic mass is 10.6. The van der Waals surface area contributed by atoms with E-state index in [1.54, 1.807) is 0 Å². The molecule has 0 aromatic carbocycles. The largest absolute Gasteiger partial charge is 0.310 e. The number of hydrogen-bond donors (Lipinski definition) is 1. The number of likely N-dealkylation sites (N-methyl/N-ethyl adjacent to an activating group) is 1. The van der Waals surface area contributed by atoms with Gasteiger partial charge in [0.15, 0.2) is 0 Å². The van der Waals surface area contributed by atoms with Crippen molar-refractivity contribution in [1.29, 1.82) is 0 Å². The Morgan fingerprint density at radius 1 is 1.57 bits per heavy atom. The summed E-state index contributed by atoms with van der Waals surface area (Å²) >= 11 is 0. The third-order valence-corrected chi connectivity index (χ3v) is 0.703. The van der Waals surface area contributed by atoms with Crippen molar-refractivity contribution in [2.24, 2.45) is 0 Å². The Labute approximate surface area is 45.5 Å². The molecule has 0 aliphatic rings. The van der Waals surface area contributed by atoms with Gasteiger partial charge < -0.3 is 10.2 Å². The first kappa shape index (κ1) is 6.92. The summed E-state index contributed by atoms with van der Waals surface area (Å²) < 4.78 is 0. The summed E-state index contributed by atoms with van der Waals surface area (Å²) in [6.45, 7) is 1.85. The van der Waals surface area contributed by atoms with Gasteiger partial charge in [-0.15, -0.1) is 0 Å². The van der Waals surface area contributed by atoms with Crippen LogP contribution in [0.2, 0.25) is 0 Å². The van der Waals surface area contributed by atoms with Gasteiger partial charge in [-0.2, -0.15) is 0 Å². The highest BCUT2D eigenvalue weighted by atomic mass is 15.1. The second-order valence-corrected chi connectivity index (χ2v) is 1.76. The number of nitrogens with zero attached hydrogens (tertiary/aromatic N) is 1. The predicted molar refractivity (Wildman–Crippen MR) is 30.9 cm³/mol. The molecule has 0 aliphatic carbocycles. The molecule has 2 heteroatoms. The van der Waals surface area contributed by atoms with Crippen LogP contribution in [0.1, 0.15) is 0 Å². The van der Waals surface area contributed by atoms with E-state index in [0.29, 0.717) is 0 Å². The topological polar surface area (TPSA) is 15.3 Å². The van der Waals surface area contributed by atoms with E-state index in [2.05, 4.69) is 10.2 Å². The van der Waals surface area contributed by atoms with Crippen LogP contribution in [0.15, 0.2) is 0 Å².